The van der Waals surface area contributed by atoms with Gasteiger partial charge in [0, 0.05) is 37.1 Å². The molecular weight excluding hydrogens is 494 g/mol. The van der Waals surface area contributed by atoms with E-state index >= 15 is 0 Å². The number of amides is 1. The van der Waals surface area contributed by atoms with Crippen molar-refractivity contribution in [1.29, 1.82) is 0 Å². The van der Waals surface area contributed by atoms with Gasteiger partial charge in [-0.3, -0.25) is 9.59 Å². The van der Waals surface area contributed by atoms with Crippen LogP contribution in [-0.4, -0.2) is 61.2 Å². The van der Waals surface area contributed by atoms with Crippen LogP contribution in [0.3, 0.4) is 0 Å². The average Bonchev–Trinajstić information content (AvgIpc) is 2.98. The maximum absolute atomic E-state index is 13.9. The van der Waals surface area contributed by atoms with Crippen LogP contribution in [0.1, 0.15) is 33.2 Å². The summed E-state index contributed by atoms with van der Waals surface area (Å²) < 4.78 is 12.2. The molecule has 39 heavy (non-hydrogen) atoms. The molecule has 1 saturated heterocycles. The van der Waals surface area contributed by atoms with Gasteiger partial charge in [0.15, 0.2) is 0 Å². The van der Waals surface area contributed by atoms with Crippen molar-refractivity contribution in [2.24, 2.45) is 0 Å². The number of nitrogens with zero attached hydrogens (tertiary/aromatic N) is 3. The molecule has 1 fully saturated rings. The number of aromatic nitrogens is 1. The van der Waals surface area contributed by atoms with Gasteiger partial charge in [-0.2, -0.15) is 0 Å². The molecule has 0 N–H and O–H groups in total. The monoisotopic (exact) mass is 525 g/mol. The second kappa shape index (κ2) is 11.4. The summed E-state index contributed by atoms with van der Waals surface area (Å²) in [6.07, 6.45) is 0. The number of esters is 1. The summed E-state index contributed by atoms with van der Waals surface area (Å²) in [6.45, 7) is 4.07. The number of piperazine rings is 1. The summed E-state index contributed by atoms with van der Waals surface area (Å²) in [5.74, 6) is -0.00963. The van der Waals surface area contributed by atoms with Gasteiger partial charge in [0.25, 0.3) is 11.5 Å². The molecule has 1 amide bonds. The lowest BCUT2D eigenvalue weighted by atomic mass is 10.0. The van der Waals surface area contributed by atoms with Crippen LogP contribution in [0, 0.1) is 0 Å². The minimum Gasteiger partial charge on any atom is -0.497 e. The van der Waals surface area contributed by atoms with Crippen molar-refractivity contribution < 1.29 is 19.1 Å². The third kappa shape index (κ3) is 5.23. The average molecular weight is 526 g/mol. The van der Waals surface area contributed by atoms with E-state index in [0.29, 0.717) is 49.7 Å². The van der Waals surface area contributed by atoms with Crippen LogP contribution in [0.15, 0.2) is 83.7 Å². The largest absolute Gasteiger partial charge is 0.497 e. The van der Waals surface area contributed by atoms with Crippen molar-refractivity contribution in [2.45, 2.75) is 13.5 Å². The smallest absolute Gasteiger partial charge is 0.345 e. The van der Waals surface area contributed by atoms with Crippen molar-refractivity contribution in [2.75, 3.05) is 44.8 Å². The summed E-state index contributed by atoms with van der Waals surface area (Å²) >= 11 is 0. The Kier molecular flexibility index (Phi) is 7.63. The Bertz CT molecular complexity index is 1540. The lowest BCUT2D eigenvalue weighted by molar-refractivity contribution is 0.0523. The van der Waals surface area contributed by atoms with Crippen molar-refractivity contribution in [3.63, 3.8) is 0 Å². The highest BCUT2D eigenvalue weighted by atomic mass is 16.5. The fourth-order valence-electron chi connectivity index (χ4n) is 5.08. The SMILES string of the molecule is CCOC(=O)c1c(N2CCN(C(=O)c3ccc(OC)cc3)CC2)c2ccccc2n(Cc2ccccc2)c1=O. The van der Waals surface area contributed by atoms with Crippen LogP contribution in [-0.2, 0) is 11.3 Å². The van der Waals surface area contributed by atoms with E-state index in [1.807, 2.05) is 59.5 Å². The molecule has 5 rings (SSSR count). The third-order valence-electron chi connectivity index (χ3n) is 7.03. The summed E-state index contributed by atoms with van der Waals surface area (Å²) in [7, 11) is 1.59. The number of rotatable bonds is 7. The maximum atomic E-state index is 13.9. The zero-order valence-electron chi connectivity index (χ0n) is 22.1. The Labute approximate surface area is 227 Å². The quantitative estimate of drug-likeness (QED) is 0.337. The van der Waals surface area contributed by atoms with E-state index in [0.717, 1.165) is 16.5 Å². The normalized spacial score (nSPS) is 13.4. The molecule has 0 bridgehead atoms. The molecule has 1 aliphatic heterocycles. The molecule has 0 saturated carbocycles. The number of hydrogen-bond donors (Lipinski definition) is 0. The van der Waals surface area contributed by atoms with Crippen LogP contribution in [0.25, 0.3) is 10.9 Å². The van der Waals surface area contributed by atoms with Gasteiger partial charge in [-0.1, -0.05) is 48.5 Å². The molecule has 8 nitrogen and oxygen atoms in total. The van der Waals surface area contributed by atoms with Gasteiger partial charge in [0.2, 0.25) is 0 Å². The Morgan fingerprint density at radius 2 is 1.51 bits per heavy atom. The van der Waals surface area contributed by atoms with Crippen LogP contribution >= 0.6 is 0 Å². The first-order valence-electron chi connectivity index (χ1n) is 13.1. The molecule has 0 unspecified atom stereocenters. The number of anilines is 1. The van der Waals surface area contributed by atoms with E-state index in [1.54, 1.807) is 47.8 Å². The minimum atomic E-state index is -0.637. The van der Waals surface area contributed by atoms with Gasteiger partial charge in [-0.05, 0) is 42.8 Å². The highest BCUT2D eigenvalue weighted by Crippen LogP contribution is 2.31. The number of methoxy groups -OCH3 is 1. The molecule has 200 valence electrons. The Morgan fingerprint density at radius 3 is 2.18 bits per heavy atom. The molecule has 0 atom stereocenters. The van der Waals surface area contributed by atoms with Gasteiger partial charge in [-0.15, -0.1) is 0 Å². The fourth-order valence-corrected chi connectivity index (χ4v) is 5.08. The van der Waals surface area contributed by atoms with Crippen molar-refractivity contribution in [3.8, 4) is 5.75 Å². The number of para-hydroxylation sites is 1. The van der Waals surface area contributed by atoms with Gasteiger partial charge in [0.1, 0.15) is 11.3 Å². The first-order chi connectivity index (χ1) is 19.0. The standard InChI is InChI=1S/C31H31N3O5/c1-3-39-31(37)27-28(32-17-19-33(20-18-32)29(35)23-13-15-24(38-2)16-14-23)25-11-7-8-12-26(25)34(30(27)36)21-22-9-5-4-6-10-22/h4-16H,3,17-21H2,1-2H3. The summed E-state index contributed by atoms with van der Waals surface area (Å²) in [4.78, 5) is 44.1. The number of benzene rings is 3. The molecule has 1 aromatic heterocycles. The molecule has 0 spiro atoms. The van der Waals surface area contributed by atoms with E-state index in [4.69, 9.17) is 9.47 Å². The third-order valence-corrected chi connectivity index (χ3v) is 7.03. The molecular formula is C31H31N3O5. The van der Waals surface area contributed by atoms with Crippen LogP contribution in [0.2, 0.25) is 0 Å². The number of fused-ring (bicyclic) bond motifs is 1. The maximum Gasteiger partial charge on any atom is 0.345 e. The second-order valence-corrected chi connectivity index (χ2v) is 9.35. The number of carbonyl (C=O) groups is 2. The topological polar surface area (TPSA) is 81.1 Å². The molecule has 3 aromatic carbocycles. The number of ether oxygens (including phenoxy) is 2. The fraction of sp³-hybridized carbons (Fsp3) is 0.258. The molecule has 1 aliphatic rings. The predicted octanol–water partition coefficient (Wildman–Crippen LogP) is 4.20. The van der Waals surface area contributed by atoms with Gasteiger partial charge >= 0.3 is 5.97 Å². The van der Waals surface area contributed by atoms with E-state index < -0.39 is 5.97 Å². The lowest BCUT2D eigenvalue weighted by Crippen LogP contribution is -2.49. The highest BCUT2D eigenvalue weighted by molar-refractivity contribution is 6.05. The summed E-state index contributed by atoms with van der Waals surface area (Å²) in [5.41, 5.74) is 2.49. The first-order valence-corrected chi connectivity index (χ1v) is 13.1. The Balaban J connectivity index is 1.51. The van der Waals surface area contributed by atoms with E-state index in [1.165, 1.54) is 0 Å². The zero-order chi connectivity index (χ0) is 27.4. The molecule has 0 radical (unpaired) electrons. The van der Waals surface area contributed by atoms with Gasteiger partial charge in [0.05, 0.1) is 31.5 Å². The van der Waals surface area contributed by atoms with Crippen LogP contribution in [0.4, 0.5) is 5.69 Å². The van der Waals surface area contributed by atoms with Crippen molar-refractivity contribution in [1.82, 2.24) is 9.47 Å². The van der Waals surface area contributed by atoms with Crippen molar-refractivity contribution in [3.05, 3.63) is 106 Å². The predicted molar refractivity (Wildman–Crippen MR) is 151 cm³/mol. The van der Waals surface area contributed by atoms with Gasteiger partial charge < -0.3 is 23.8 Å². The first kappa shape index (κ1) is 26.0. The van der Waals surface area contributed by atoms with E-state index in [9.17, 15) is 14.4 Å². The van der Waals surface area contributed by atoms with Gasteiger partial charge in [-0.25, -0.2) is 4.79 Å². The molecule has 0 aliphatic carbocycles. The molecule has 8 heteroatoms. The number of pyridine rings is 1. The lowest BCUT2D eigenvalue weighted by Gasteiger charge is -2.37. The summed E-state index contributed by atoms with van der Waals surface area (Å²) in [5, 5.41) is 0.797. The zero-order valence-corrected chi connectivity index (χ0v) is 22.1. The summed E-state index contributed by atoms with van der Waals surface area (Å²) in [6, 6.07) is 24.4. The number of hydrogen-bond acceptors (Lipinski definition) is 6. The van der Waals surface area contributed by atoms with Crippen LogP contribution < -0.4 is 15.2 Å². The van der Waals surface area contributed by atoms with E-state index in [-0.39, 0.29) is 23.6 Å². The van der Waals surface area contributed by atoms with Crippen molar-refractivity contribution >= 4 is 28.5 Å². The molecule has 4 aromatic rings. The van der Waals surface area contributed by atoms with Crippen LogP contribution in [0.5, 0.6) is 5.75 Å². The number of carbonyl (C=O) groups excluding carboxylic acids is 2. The minimum absolute atomic E-state index is 0.0291. The molecule has 2 heterocycles. The Hall–Kier alpha value is -4.59. The Morgan fingerprint density at radius 1 is 0.846 bits per heavy atom. The second-order valence-electron chi connectivity index (χ2n) is 9.35. The highest BCUT2D eigenvalue weighted by Gasteiger charge is 2.30. The van der Waals surface area contributed by atoms with E-state index in [2.05, 4.69) is 0 Å².